The van der Waals surface area contributed by atoms with Gasteiger partial charge in [0.05, 0.1) is 5.56 Å². The summed E-state index contributed by atoms with van der Waals surface area (Å²) in [5, 5.41) is 12.9. The lowest BCUT2D eigenvalue weighted by Gasteiger charge is -2.24. The number of fused-ring (bicyclic) bond motifs is 2. The van der Waals surface area contributed by atoms with Crippen molar-refractivity contribution in [1.29, 1.82) is 0 Å². The summed E-state index contributed by atoms with van der Waals surface area (Å²) in [7, 11) is 0. The van der Waals surface area contributed by atoms with Gasteiger partial charge < -0.3 is 10.4 Å². The fraction of sp³-hybridized carbons (Fsp3) is 0.154. The third kappa shape index (κ3) is 3.69. The maximum atomic E-state index is 16.3. The molecule has 5 nitrogen and oxygen atoms in total. The molecule has 3 aromatic carbocycles. The van der Waals surface area contributed by atoms with Crippen molar-refractivity contribution in [2.24, 2.45) is 0 Å². The first-order valence-corrected chi connectivity index (χ1v) is 10.8. The molecule has 0 fully saturated rings. The van der Waals surface area contributed by atoms with Gasteiger partial charge in [0.25, 0.3) is 11.5 Å². The van der Waals surface area contributed by atoms with E-state index in [0.717, 1.165) is 16.7 Å². The van der Waals surface area contributed by atoms with Gasteiger partial charge in [-0.1, -0.05) is 54.6 Å². The predicted molar refractivity (Wildman–Crippen MR) is 123 cm³/mol. The molecule has 1 atom stereocenters. The van der Waals surface area contributed by atoms with Crippen LogP contribution in [0.15, 0.2) is 77.6 Å². The molecule has 4 aromatic rings. The number of carbonyl (C=O) groups is 1. The molecule has 5 rings (SSSR count). The summed E-state index contributed by atoms with van der Waals surface area (Å²) in [4.78, 5) is 24.6. The van der Waals surface area contributed by atoms with Gasteiger partial charge in [-0.2, -0.15) is 22.0 Å². The minimum absolute atomic E-state index is 0.206. The van der Waals surface area contributed by atoms with E-state index >= 15 is 8.78 Å². The first kappa shape index (κ1) is 23.5. The Bertz CT molecular complexity index is 1570. The van der Waals surface area contributed by atoms with Gasteiger partial charge in [0.2, 0.25) is 0 Å². The zero-order chi connectivity index (χ0) is 25.8. The largest absolute Gasteiger partial charge is 0.480 e. The number of anilines is 1. The van der Waals surface area contributed by atoms with Crippen molar-refractivity contribution in [3.05, 3.63) is 99.8 Å². The zero-order valence-corrected chi connectivity index (χ0v) is 18.3. The highest BCUT2D eigenvalue weighted by atomic mass is 19.4. The molecule has 1 aromatic heterocycles. The molecular formula is C26H17F5N2O3. The second kappa shape index (κ2) is 8.18. The number of hydrogen-bond acceptors (Lipinski definition) is 3. The molecule has 1 aliphatic rings. The molecule has 184 valence electrons. The molecule has 0 saturated heterocycles. The number of aliphatic carboxylic acids is 1. The van der Waals surface area contributed by atoms with Gasteiger partial charge in [-0.15, -0.1) is 0 Å². The van der Waals surface area contributed by atoms with Crippen LogP contribution in [0.2, 0.25) is 0 Å². The van der Waals surface area contributed by atoms with Crippen molar-refractivity contribution < 1.29 is 31.9 Å². The Morgan fingerprint density at radius 3 is 2.33 bits per heavy atom. The molecule has 2 heterocycles. The van der Waals surface area contributed by atoms with Gasteiger partial charge >= 0.3 is 12.1 Å². The molecular weight excluding hydrogens is 483 g/mol. The Labute approximate surface area is 200 Å². The van der Waals surface area contributed by atoms with E-state index in [4.69, 9.17) is 0 Å². The van der Waals surface area contributed by atoms with Crippen molar-refractivity contribution >= 4 is 22.6 Å². The number of alkyl halides is 5. The summed E-state index contributed by atoms with van der Waals surface area (Å²) < 4.78 is 73.8. The molecule has 0 saturated carbocycles. The van der Waals surface area contributed by atoms with Crippen LogP contribution in [0, 0.1) is 0 Å². The van der Waals surface area contributed by atoms with Crippen LogP contribution in [-0.4, -0.2) is 22.2 Å². The third-order valence-electron chi connectivity index (χ3n) is 6.26. The summed E-state index contributed by atoms with van der Waals surface area (Å²) in [5.41, 5.74) is -3.95. The van der Waals surface area contributed by atoms with E-state index in [-0.39, 0.29) is 28.9 Å². The molecule has 1 unspecified atom stereocenters. The third-order valence-corrected chi connectivity index (χ3v) is 6.26. The number of rotatable bonds is 4. The van der Waals surface area contributed by atoms with Crippen molar-refractivity contribution in [1.82, 2.24) is 4.57 Å². The number of pyridine rings is 1. The topological polar surface area (TPSA) is 71.3 Å². The van der Waals surface area contributed by atoms with E-state index in [0.29, 0.717) is 17.5 Å². The number of halogens is 5. The van der Waals surface area contributed by atoms with Gasteiger partial charge in [-0.05, 0) is 28.5 Å². The monoisotopic (exact) mass is 500 g/mol. The molecule has 2 N–H and O–H groups in total. The van der Waals surface area contributed by atoms with E-state index in [1.54, 1.807) is 24.3 Å². The Balaban J connectivity index is 1.85. The lowest BCUT2D eigenvalue weighted by atomic mass is 9.89. The molecule has 0 spiro atoms. The van der Waals surface area contributed by atoms with Crippen molar-refractivity contribution in [2.75, 3.05) is 11.9 Å². The summed E-state index contributed by atoms with van der Waals surface area (Å²) >= 11 is 0. The smallest absolute Gasteiger partial charge is 0.416 e. The Morgan fingerprint density at radius 1 is 0.917 bits per heavy atom. The van der Waals surface area contributed by atoms with E-state index in [9.17, 15) is 27.9 Å². The SMILES string of the molecule is O=C(O)C1CNc2c(-c3cccc(C(F)(F)F)c3)c(C(F)(F)c3cccc4ccccc34)cc(=O)n21. The van der Waals surface area contributed by atoms with Gasteiger partial charge in [-0.3, -0.25) is 9.36 Å². The fourth-order valence-corrected chi connectivity index (χ4v) is 4.62. The number of carboxylic acids is 1. The van der Waals surface area contributed by atoms with E-state index < -0.39 is 46.4 Å². The van der Waals surface area contributed by atoms with E-state index in [2.05, 4.69) is 5.32 Å². The number of carboxylic acid groups (broad SMARTS) is 1. The second-order valence-electron chi connectivity index (χ2n) is 8.40. The number of nitrogens with one attached hydrogen (secondary N) is 1. The van der Waals surface area contributed by atoms with E-state index in [1.165, 1.54) is 24.3 Å². The second-order valence-corrected chi connectivity index (χ2v) is 8.40. The van der Waals surface area contributed by atoms with Gasteiger partial charge in [0, 0.05) is 29.3 Å². The van der Waals surface area contributed by atoms with Crippen LogP contribution >= 0.6 is 0 Å². The number of benzene rings is 3. The van der Waals surface area contributed by atoms with Gasteiger partial charge in [0.15, 0.2) is 6.04 Å². The lowest BCUT2D eigenvalue weighted by Crippen LogP contribution is -2.30. The van der Waals surface area contributed by atoms with Crippen LogP contribution in [-0.2, 0) is 16.9 Å². The predicted octanol–water partition coefficient (Wildman–Crippen LogP) is 5.88. The summed E-state index contributed by atoms with van der Waals surface area (Å²) in [5.74, 6) is -5.47. The minimum atomic E-state index is -4.75. The average molecular weight is 500 g/mol. The van der Waals surface area contributed by atoms with Crippen LogP contribution < -0.4 is 10.9 Å². The maximum absolute atomic E-state index is 16.3. The van der Waals surface area contributed by atoms with Crippen molar-refractivity contribution in [3.63, 3.8) is 0 Å². The van der Waals surface area contributed by atoms with E-state index in [1.807, 2.05) is 0 Å². The highest BCUT2D eigenvalue weighted by Crippen LogP contribution is 2.47. The van der Waals surface area contributed by atoms with Gasteiger partial charge in [0.1, 0.15) is 5.82 Å². The minimum Gasteiger partial charge on any atom is -0.480 e. The Kier molecular flexibility index (Phi) is 5.35. The highest BCUT2D eigenvalue weighted by molar-refractivity contribution is 5.89. The first-order valence-electron chi connectivity index (χ1n) is 10.8. The van der Waals surface area contributed by atoms with Crippen molar-refractivity contribution in [3.8, 4) is 11.1 Å². The molecule has 0 bridgehead atoms. The highest BCUT2D eigenvalue weighted by Gasteiger charge is 2.43. The fourth-order valence-electron chi connectivity index (χ4n) is 4.62. The van der Waals surface area contributed by atoms with Crippen LogP contribution in [0.3, 0.4) is 0 Å². The normalized spacial score (nSPS) is 15.5. The molecule has 0 aliphatic carbocycles. The quantitative estimate of drug-likeness (QED) is 0.344. The summed E-state index contributed by atoms with van der Waals surface area (Å²) in [6.45, 7) is -0.292. The Hall–Kier alpha value is -4.21. The summed E-state index contributed by atoms with van der Waals surface area (Å²) in [6, 6.07) is 13.6. The average Bonchev–Trinajstić information content (AvgIpc) is 3.29. The summed E-state index contributed by atoms with van der Waals surface area (Å²) in [6.07, 6.45) is -4.75. The van der Waals surface area contributed by atoms with Crippen LogP contribution in [0.5, 0.6) is 0 Å². The van der Waals surface area contributed by atoms with Crippen molar-refractivity contribution in [2.45, 2.75) is 18.1 Å². The maximum Gasteiger partial charge on any atom is 0.416 e. The Morgan fingerprint density at radius 2 is 1.61 bits per heavy atom. The number of hydrogen-bond donors (Lipinski definition) is 2. The molecule has 36 heavy (non-hydrogen) atoms. The zero-order valence-electron chi connectivity index (χ0n) is 18.3. The molecule has 0 radical (unpaired) electrons. The molecule has 1 aliphatic heterocycles. The van der Waals surface area contributed by atoms with Gasteiger partial charge in [-0.25, -0.2) is 4.79 Å². The van der Waals surface area contributed by atoms with Crippen LogP contribution in [0.25, 0.3) is 21.9 Å². The van der Waals surface area contributed by atoms with Crippen LogP contribution in [0.1, 0.15) is 22.7 Å². The number of nitrogens with zero attached hydrogens (tertiary/aromatic N) is 1. The molecule has 0 amide bonds. The standard InChI is InChI=1S/C26H17F5N2O3/c27-25(28,18-10-4-6-14-5-1-2-9-17(14)18)19-12-21(34)33-20(24(35)36)13-32-23(33)22(19)15-7-3-8-16(11-15)26(29,30)31/h1-12,20,32H,13H2,(H,35,36). The molecule has 10 heteroatoms. The van der Waals surface area contributed by atoms with Crippen LogP contribution in [0.4, 0.5) is 27.8 Å². The first-order chi connectivity index (χ1) is 17.0. The number of aromatic nitrogens is 1. The lowest BCUT2D eigenvalue weighted by molar-refractivity contribution is -0.140.